The number of phenols is 1. The summed E-state index contributed by atoms with van der Waals surface area (Å²) < 4.78 is 0. The summed E-state index contributed by atoms with van der Waals surface area (Å²) >= 11 is 1.44. The first-order valence-corrected chi connectivity index (χ1v) is 6.38. The fourth-order valence-corrected chi connectivity index (χ4v) is 2.69. The lowest BCUT2D eigenvalue weighted by molar-refractivity contribution is -0.124. The molecule has 0 aromatic heterocycles. The Labute approximate surface area is 108 Å². The van der Waals surface area contributed by atoms with E-state index in [4.69, 9.17) is 0 Å². The minimum atomic E-state index is -0.0963. The van der Waals surface area contributed by atoms with Crippen LogP contribution in [0.4, 0.5) is 0 Å². The van der Waals surface area contributed by atoms with Crippen LogP contribution >= 0.6 is 11.8 Å². The summed E-state index contributed by atoms with van der Waals surface area (Å²) in [5.74, 6) is 0.248. The average molecular weight is 261 g/mol. The molecule has 1 aromatic carbocycles. The van der Waals surface area contributed by atoms with Crippen molar-refractivity contribution in [1.29, 1.82) is 0 Å². The molecule has 5 nitrogen and oxygen atoms in total. The number of carbonyl (C=O) groups excluding carboxylic acids is 1. The summed E-state index contributed by atoms with van der Waals surface area (Å²) in [7, 11) is 0. The Bertz CT molecular complexity index is 565. The van der Waals surface area contributed by atoms with E-state index in [0.29, 0.717) is 5.17 Å². The van der Waals surface area contributed by atoms with Crippen molar-refractivity contribution < 1.29 is 9.90 Å². The molecule has 1 amide bonds. The topological polar surface area (TPSA) is 64.9 Å². The Balaban J connectivity index is 1.93. The molecular weight excluding hydrogens is 250 g/mol. The van der Waals surface area contributed by atoms with E-state index in [2.05, 4.69) is 10.5 Å². The van der Waals surface area contributed by atoms with Crippen LogP contribution in [0.25, 0.3) is 5.70 Å². The van der Waals surface area contributed by atoms with E-state index in [1.165, 1.54) is 11.8 Å². The van der Waals surface area contributed by atoms with Crippen molar-refractivity contribution in [2.24, 2.45) is 5.10 Å². The Hall–Kier alpha value is -1.95. The smallest absolute Gasteiger partial charge is 0.246 e. The monoisotopic (exact) mass is 261 g/mol. The van der Waals surface area contributed by atoms with Crippen LogP contribution in [0.1, 0.15) is 12.5 Å². The first-order valence-electron chi connectivity index (χ1n) is 5.50. The SMILES string of the molecule is C[C@H]1SC2=NNC(c3ccc(O)cc3)=CN2C1=O. The molecular formula is C12H11N3O2S. The molecule has 0 unspecified atom stereocenters. The van der Waals surface area contributed by atoms with Crippen LogP contribution in [0.3, 0.4) is 0 Å². The third kappa shape index (κ3) is 1.74. The Kier molecular flexibility index (Phi) is 2.52. The zero-order chi connectivity index (χ0) is 12.7. The van der Waals surface area contributed by atoms with E-state index < -0.39 is 0 Å². The third-order valence-corrected chi connectivity index (χ3v) is 3.84. The maximum atomic E-state index is 11.9. The molecule has 2 N–H and O–H groups in total. The highest BCUT2D eigenvalue weighted by molar-refractivity contribution is 8.15. The highest BCUT2D eigenvalue weighted by Gasteiger charge is 2.36. The second-order valence-corrected chi connectivity index (χ2v) is 5.37. The number of nitrogens with one attached hydrogen (secondary N) is 1. The van der Waals surface area contributed by atoms with Gasteiger partial charge in [-0.1, -0.05) is 11.8 Å². The van der Waals surface area contributed by atoms with Gasteiger partial charge in [0.05, 0.1) is 10.9 Å². The number of amides is 1. The first kappa shape index (κ1) is 11.2. The molecule has 1 aromatic rings. The summed E-state index contributed by atoms with van der Waals surface area (Å²) in [5, 5.41) is 14.0. The number of aromatic hydroxyl groups is 1. The van der Waals surface area contributed by atoms with Crippen LogP contribution in [-0.2, 0) is 4.79 Å². The quantitative estimate of drug-likeness (QED) is 0.804. The van der Waals surface area contributed by atoms with Crippen LogP contribution in [0.5, 0.6) is 5.75 Å². The van der Waals surface area contributed by atoms with Crippen molar-refractivity contribution >= 4 is 28.5 Å². The molecule has 0 saturated carbocycles. The first-order chi connectivity index (χ1) is 8.65. The molecule has 1 saturated heterocycles. The van der Waals surface area contributed by atoms with Gasteiger partial charge in [-0.05, 0) is 31.2 Å². The maximum absolute atomic E-state index is 11.9. The second-order valence-electron chi connectivity index (χ2n) is 4.06. The number of rotatable bonds is 1. The molecule has 1 fully saturated rings. The van der Waals surface area contributed by atoms with Gasteiger partial charge in [-0.25, -0.2) is 0 Å². The van der Waals surface area contributed by atoms with Crippen LogP contribution in [0.15, 0.2) is 35.6 Å². The number of phenolic OH excluding ortho intramolecular Hbond substituents is 1. The number of hydrazone groups is 1. The lowest BCUT2D eigenvalue weighted by Gasteiger charge is -2.19. The molecule has 0 radical (unpaired) electrons. The summed E-state index contributed by atoms with van der Waals surface area (Å²) in [5.41, 5.74) is 4.53. The molecule has 1 atom stereocenters. The van der Waals surface area contributed by atoms with Gasteiger partial charge in [0.1, 0.15) is 5.75 Å². The highest BCUT2D eigenvalue weighted by Crippen LogP contribution is 2.30. The van der Waals surface area contributed by atoms with Gasteiger partial charge in [0.25, 0.3) is 0 Å². The number of hydrogen-bond donors (Lipinski definition) is 2. The van der Waals surface area contributed by atoms with E-state index in [1.807, 2.05) is 6.92 Å². The van der Waals surface area contributed by atoms with Crippen molar-refractivity contribution in [1.82, 2.24) is 10.3 Å². The van der Waals surface area contributed by atoms with Gasteiger partial charge >= 0.3 is 0 Å². The normalized spacial score (nSPS) is 22.2. The number of amidine groups is 1. The highest BCUT2D eigenvalue weighted by atomic mass is 32.2. The van der Waals surface area contributed by atoms with E-state index >= 15 is 0 Å². The van der Waals surface area contributed by atoms with Crippen molar-refractivity contribution in [2.75, 3.05) is 0 Å². The van der Waals surface area contributed by atoms with Crippen LogP contribution in [0.2, 0.25) is 0 Å². The molecule has 18 heavy (non-hydrogen) atoms. The molecule has 92 valence electrons. The lowest BCUT2D eigenvalue weighted by Crippen LogP contribution is -2.31. The predicted octanol–water partition coefficient (Wildman–Crippen LogP) is 1.53. The molecule has 0 aliphatic carbocycles. The van der Waals surface area contributed by atoms with Crippen molar-refractivity contribution in [2.45, 2.75) is 12.2 Å². The molecule has 0 spiro atoms. The van der Waals surface area contributed by atoms with E-state index in [0.717, 1.165) is 11.3 Å². The van der Waals surface area contributed by atoms with Crippen molar-refractivity contribution in [3.05, 3.63) is 36.0 Å². The molecule has 2 aliphatic rings. The number of carbonyl (C=O) groups is 1. The largest absolute Gasteiger partial charge is 0.508 e. The van der Waals surface area contributed by atoms with E-state index in [9.17, 15) is 9.90 Å². The number of hydrogen-bond acceptors (Lipinski definition) is 5. The Morgan fingerprint density at radius 1 is 1.39 bits per heavy atom. The van der Waals surface area contributed by atoms with E-state index in [1.54, 1.807) is 35.4 Å². The summed E-state index contributed by atoms with van der Waals surface area (Å²) in [6.07, 6.45) is 1.74. The molecule has 2 aliphatic heterocycles. The third-order valence-electron chi connectivity index (χ3n) is 2.78. The minimum Gasteiger partial charge on any atom is -0.508 e. The van der Waals surface area contributed by atoms with Crippen LogP contribution in [-0.4, -0.2) is 26.3 Å². The number of nitrogens with zero attached hydrogens (tertiary/aromatic N) is 2. The number of benzene rings is 1. The average Bonchev–Trinajstić information content (AvgIpc) is 2.66. The van der Waals surface area contributed by atoms with Gasteiger partial charge in [0, 0.05) is 11.8 Å². The van der Waals surface area contributed by atoms with Gasteiger partial charge in [-0.15, -0.1) is 5.10 Å². The van der Waals surface area contributed by atoms with Gasteiger partial charge in [-0.3, -0.25) is 15.1 Å². The molecule has 3 rings (SSSR count). The summed E-state index contributed by atoms with van der Waals surface area (Å²) in [4.78, 5) is 13.4. The fourth-order valence-electron chi connectivity index (χ4n) is 1.80. The Morgan fingerprint density at radius 3 is 2.83 bits per heavy atom. The van der Waals surface area contributed by atoms with Crippen LogP contribution in [0, 0.1) is 0 Å². The zero-order valence-electron chi connectivity index (χ0n) is 9.62. The lowest BCUT2D eigenvalue weighted by atomic mass is 10.1. The van der Waals surface area contributed by atoms with Crippen LogP contribution < -0.4 is 5.43 Å². The molecule has 0 bridgehead atoms. The summed E-state index contributed by atoms with van der Waals surface area (Å²) in [6.45, 7) is 1.86. The molecule has 2 heterocycles. The number of thioether (sulfide) groups is 1. The van der Waals surface area contributed by atoms with Crippen molar-refractivity contribution in [3.8, 4) is 5.75 Å². The predicted molar refractivity (Wildman–Crippen MR) is 70.6 cm³/mol. The Morgan fingerprint density at radius 2 is 2.11 bits per heavy atom. The van der Waals surface area contributed by atoms with E-state index in [-0.39, 0.29) is 16.9 Å². The summed E-state index contributed by atoms with van der Waals surface area (Å²) in [6, 6.07) is 6.73. The van der Waals surface area contributed by atoms with Gasteiger partial charge < -0.3 is 5.11 Å². The molecule has 6 heteroatoms. The zero-order valence-corrected chi connectivity index (χ0v) is 10.4. The van der Waals surface area contributed by atoms with Gasteiger partial charge in [0.2, 0.25) is 5.91 Å². The number of fused-ring (bicyclic) bond motifs is 1. The minimum absolute atomic E-state index is 0.0385. The second kappa shape index (κ2) is 4.06. The van der Waals surface area contributed by atoms with Crippen molar-refractivity contribution in [3.63, 3.8) is 0 Å². The standard InChI is InChI=1S/C12H11N3O2S/c1-7-11(17)15-6-10(13-14-12(15)18-7)8-2-4-9(16)5-3-8/h2-7,13,16H,1H3/t7-/m1/s1. The maximum Gasteiger partial charge on any atom is 0.246 e. The van der Waals surface area contributed by atoms with Gasteiger partial charge in [-0.2, -0.15) is 0 Å². The van der Waals surface area contributed by atoms with Gasteiger partial charge in [0.15, 0.2) is 5.17 Å². The fraction of sp³-hybridized carbons (Fsp3) is 0.167.